The molecule has 0 unspecified atom stereocenters. The van der Waals surface area contributed by atoms with E-state index in [9.17, 15) is 13.2 Å². The Bertz CT molecular complexity index is 927. The van der Waals surface area contributed by atoms with Crippen LogP contribution in [0.1, 0.15) is 35.7 Å². The summed E-state index contributed by atoms with van der Waals surface area (Å²) in [7, 11) is -3.46. The maximum absolute atomic E-state index is 12.5. The molecule has 0 amide bonds. The van der Waals surface area contributed by atoms with Gasteiger partial charge in [0.25, 0.3) is 0 Å². The molecule has 3 rings (SSSR count). The highest BCUT2D eigenvalue weighted by Crippen LogP contribution is 2.22. The van der Waals surface area contributed by atoms with Gasteiger partial charge in [-0.15, -0.1) is 0 Å². The predicted molar refractivity (Wildman–Crippen MR) is 105 cm³/mol. The minimum atomic E-state index is -3.46. The number of nitrogens with zero attached hydrogens (tertiary/aromatic N) is 1. The van der Waals surface area contributed by atoms with Crippen LogP contribution in [0.25, 0.3) is 6.08 Å². The molecule has 2 aromatic carbocycles. The number of carbonyl (C=O) groups excluding carboxylic acids is 1. The van der Waals surface area contributed by atoms with Crippen LogP contribution in [0, 0.1) is 0 Å². The minimum Gasteiger partial charge on any atom is -0.493 e. The molecule has 1 aliphatic heterocycles. The summed E-state index contributed by atoms with van der Waals surface area (Å²) >= 11 is 0. The summed E-state index contributed by atoms with van der Waals surface area (Å²) in [6.45, 7) is 3.57. The maximum atomic E-state index is 12.5. The lowest BCUT2D eigenvalue weighted by molar-refractivity contribution is 0.104. The molecule has 0 saturated carbocycles. The molecule has 0 aliphatic carbocycles. The number of hydrogen-bond acceptors (Lipinski definition) is 4. The molecule has 142 valence electrons. The number of ether oxygens (including phenoxy) is 1. The van der Waals surface area contributed by atoms with E-state index in [4.69, 9.17) is 4.74 Å². The van der Waals surface area contributed by atoms with E-state index in [-0.39, 0.29) is 10.7 Å². The second-order valence-electron chi connectivity index (χ2n) is 6.30. The van der Waals surface area contributed by atoms with Crippen LogP contribution in [0.4, 0.5) is 0 Å². The molecule has 0 radical (unpaired) electrons. The van der Waals surface area contributed by atoms with Crippen LogP contribution < -0.4 is 4.74 Å². The summed E-state index contributed by atoms with van der Waals surface area (Å²) in [6, 6.07) is 13.6. The van der Waals surface area contributed by atoms with Crippen molar-refractivity contribution in [2.24, 2.45) is 0 Å². The first-order chi connectivity index (χ1) is 13.0. The average molecular weight is 385 g/mol. The molecule has 0 N–H and O–H groups in total. The Balaban J connectivity index is 1.75. The van der Waals surface area contributed by atoms with E-state index in [1.165, 1.54) is 22.5 Å². The van der Waals surface area contributed by atoms with Crippen molar-refractivity contribution in [3.05, 3.63) is 65.7 Å². The van der Waals surface area contributed by atoms with E-state index in [0.29, 0.717) is 25.3 Å². The van der Waals surface area contributed by atoms with Crippen LogP contribution in [-0.4, -0.2) is 38.2 Å². The quantitative estimate of drug-likeness (QED) is 0.538. The Kier molecular flexibility index (Phi) is 6.08. The highest BCUT2D eigenvalue weighted by atomic mass is 32.2. The Morgan fingerprint density at radius 3 is 2.41 bits per heavy atom. The second kappa shape index (κ2) is 8.50. The highest BCUT2D eigenvalue weighted by molar-refractivity contribution is 7.89. The summed E-state index contributed by atoms with van der Waals surface area (Å²) in [5.41, 5.74) is 1.27. The number of carbonyl (C=O) groups is 1. The van der Waals surface area contributed by atoms with E-state index in [1.54, 1.807) is 18.2 Å². The van der Waals surface area contributed by atoms with Crippen molar-refractivity contribution >= 4 is 21.9 Å². The zero-order valence-corrected chi connectivity index (χ0v) is 16.1. The number of para-hydroxylation sites is 1. The first-order valence-corrected chi connectivity index (χ1v) is 10.5. The molecule has 6 heteroatoms. The van der Waals surface area contributed by atoms with Crippen molar-refractivity contribution in [3.8, 4) is 5.75 Å². The van der Waals surface area contributed by atoms with Gasteiger partial charge in [0.1, 0.15) is 5.75 Å². The first-order valence-electron chi connectivity index (χ1n) is 9.07. The van der Waals surface area contributed by atoms with Crippen LogP contribution >= 0.6 is 0 Å². The fraction of sp³-hybridized carbons (Fsp3) is 0.286. The van der Waals surface area contributed by atoms with Crippen molar-refractivity contribution in [2.45, 2.75) is 24.7 Å². The summed E-state index contributed by atoms with van der Waals surface area (Å²) in [6.07, 6.45) is 4.97. The van der Waals surface area contributed by atoms with Crippen LogP contribution in [0.15, 0.2) is 59.5 Å². The monoisotopic (exact) mass is 385 g/mol. The van der Waals surface area contributed by atoms with Crippen molar-refractivity contribution in [3.63, 3.8) is 0 Å². The molecule has 0 aromatic heterocycles. The number of sulfonamides is 1. The van der Waals surface area contributed by atoms with Crippen LogP contribution in [0.3, 0.4) is 0 Å². The molecule has 0 atom stereocenters. The summed E-state index contributed by atoms with van der Waals surface area (Å²) in [5.74, 6) is 0.530. The first kappa shape index (κ1) is 19.3. The van der Waals surface area contributed by atoms with Gasteiger partial charge in [0.05, 0.1) is 11.5 Å². The van der Waals surface area contributed by atoms with Crippen LogP contribution in [-0.2, 0) is 10.0 Å². The van der Waals surface area contributed by atoms with Crippen molar-refractivity contribution in [1.29, 1.82) is 0 Å². The molecule has 2 aromatic rings. The van der Waals surface area contributed by atoms with Gasteiger partial charge in [-0.05, 0) is 62.2 Å². The van der Waals surface area contributed by atoms with E-state index in [1.807, 2.05) is 31.2 Å². The lowest BCUT2D eigenvalue weighted by Crippen LogP contribution is -2.27. The van der Waals surface area contributed by atoms with E-state index >= 15 is 0 Å². The molecule has 0 spiro atoms. The van der Waals surface area contributed by atoms with Gasteiger partial charge in [-0.25, -0.2) is 8.42 Å². The fourth-order valence-electron chi connectivity index (χ4n) is 3.04. The van der Waals surface area contributed by atoms with Crippen molar-refractivity contribution < 1.29 is 17.9 Å². The lowest BCUT2D eigenvalue weighted by Gasteiger charge is -2.15. The smallest absolute Gasteiger partial charge is 0.243 e. The van der Waals surface area contributed by atoms with Gasteiger partial charge in [-0.3, -0.25) is 4.79 Å². The average Bonchev–Trinajstić information content (AvgIpc) is 3.23. The summed E-state index contributed by atoms with van der Waals surface area (Å²) in [4.78, 5) is 12.6. The Labute approximate surface area is 160 Å². The van der Waals surface area contributed by atoms with Gasteiger partial charge in [-0.1, -0.05) is 18.2 Å². The maximum Gasteiger partial charge on any atom is 0.243 e. The predicted octanol–water partition coefficient (Wildman–Crippen LogP) is 3.77. The number of allylic oxidation sites excluding steroid dienone is 1. The van der Waals surface area contributed by atoms with Gasteiger partial charge >= 0.3 is 0 Å². The van der Waals surface area contributed by atoms with Gasteiger partial charge in [-0.2, -0.15) is 4.31 Å². The minimum absolute atomic E-state index is 0.188. The van der Waals surface area contributed by atoms with Gasteiger partial charge in [0.2, 0.25) is 10.0 Å². The third kappa shape index (κ3) is 4.46. The Morgan fingerprint density at radius 1 is 1.07 bits per heavy atom. The summed E-state index contributed by atoms with van der Waals surface area (Å²) < 4.78 is 32.1. The van der Waals surface area contributed by atoms with E-state index in [0.717, 1.165) is 24.2 Å². The zero-order chi connectivity index (χ0) is 19.3. The molecule has 1 heterocycles. The molecule has 5 nitrogen and oxygen atoms in total. The van der Waals surface area contributed by atoms with E-state index in [2.05, 4.69) is 0 Å². The van der Waals surface area contributed by atoms with Gasteiger partial charge in [0.15, 0.2) is 5.78 Å². The molecule has 0 bridgehead atoms. The van der Waals surface area contributed by atoms with Crippen LogP contribution in [0.2, 0.25) is 0 Å². The standard InChI is InChI=1S/C21H23NO4S/c1-2-26-21-8-4-3-7-18(21)11-14-20(23)17-9-12-19(13-10-17)27(24,25)22-15-5-6-16-22/h3-4,7-14H,2,5-6,15-16H2,1H3/b14-11+. The van der Waals surface area contributed by atoms with Gasteiger partial charge < -0.3 is 4.74 Å². The lowest BCUT2D eigenvalue weighted by atomic mass is 10.1. The molecule has 1 fully saturated rings. The van der Waals surface area contributed by atoms with Crippen molar-refractivity contribution in [2.75, 3.05) is 19.7 Å². The number of ketones is 1. The number of hydrogen-bond donors (Lipinski definition) is 0. The number of benzene rings is 2. The molecule has 27 heavy (non-hydrogen) atoms. The Morgan fingerprint density at radius 2 is 1.74 bits per heavy atom. The largest absolute Gasteiger partial charge is 0.493 e. The SMILES string of the molecule is CCOc1ccccc1/C=C/C(=O)c1ccc(S(=O)(=O)N2CCCC2)cc1. The highest BCUT2D eigenvalue weighted by Gasteiger charge is 2.27. The molecular formula is C21H23NO4S. The van der Waals surface area contributed by atoms with Crippen LogP contribution in [0.5, 0.6) is 5.75 Å². The van der Waals surface area contributed by atoms with E-state index < -0.39 is 10.0 Å². The topological polar surface area (TPSA) is 63.7 Å². The third-order valence-corrected chi connectivity index (χ3v) is 6.39. The molecule has 1 aliphatic rings. The zero-order valence-electron chi connectivity index (χ0n) is 15.3. The normalized spacial score (nSPS) is 15.3. The third-order valence-electron chi connectivity index (χ3n) is 4.47. The van der Waals surface area contributed by atoms with Gasteiger partial charge in [0, 0.05) is 24.2 Å². The second-order valence-corrected chi connectivity index (χ2v) is 8.24. The molecule has 1 saturated heterocycles. The molecular weight excluding hydrogens is 362 g/mol. The van der Waals surface area contributed by atoms with Crippen molar-refractivity contribution in [1.82, 2.24) is 4.31 Å². The fourth-order valence-corrected chi connectivity index (χ4v) is 4.55. The summed E-state index contributed by atoms with van der Waals surface area (Å²) in [5, 5.41) is 0. The Hall–Kier alpha value is -2.44. The number of rotatable bonds is 7.